The molecule has 0 spiro atoms. The number of carbonyl (C=O) groups is 1. The van der Waals surface area contributed by atoms with Crippen molar-refractivity contribution >= 4 is 5.97 Å². The van der Waals surface area contributed by atoms with Crippen LogP contribution in [0.2, 0.25) is 0 Å². The zero-order valence-corrected chi connectivity index (χ0v) is 14.7. The average Bonchev–Trinajstić information content (AvgIpc) is 2.73. The van der Waals surface area contributed by atoms with Gasteiger partial charge in [0.05, 0.1) is 6.10 Å². The molecule has 0 aromatic rings. The van der Waals surface area contributed by atoms with Gasteiger partial charge in [0.15, 0.2) is 0 Å². The van der Waals surface area contributed by atoms with E-state index in [0.29, 0.717) is 12.0 Å². The van der Waals surface area contributed by atoms with Crippen molar-refractivity contribution in [1.82, 2.24) is 0 Å². The molecule has 1 aliphatic heterocycles. The van der Waals surface area contributed by atoms with Crippen LogP contribution in [-0.4, -0.2) is 23.3 Å². The number of esters is 1. The Labute approximate surface area is 140 Å². The Balaban J connectivity index is 2.18. The van der Waals surface area contributed by atoms with Crippen LogP contribution in [0.4, 0.5) is 0 Å². The summed E-state index contributed by atoms with van der Waals surface area (Å²) < 4.78 is 5.51. The van der Waals surface area contributed by atoms with E-state index in [9.17, 15) is 9.90 Å². The van der Waals surface area contributed by atoms with Crippen molar-refractivity contribution in [3.8, 4) is 0 Å². The number of aliphatic hydroxyl groups is 1. The molecule has 0 aromatic heterocycles. The minimum absolute atomic E-state index is 0.0662. The van der Waals surface area contributed by atoms with Gasteiger partial charge >= 0.3 is 5.97 Å². The summed E-state index contributed by atoms with van der Waals surface area (Å²) >= 11 is 0. The fourth-order valence-corrected chi connectivity index (χ4v) is 3.48. The molecular weight excluding hydrogens is 288 g/mol. The molecule has 1 aliphatic carbocycles. The highest BCUT2D eigenvalue weighted by atomic mass is 16.6. The number of hydrogen-bond acceptors (Lipinski definition) is 3. The fraction of sp³-hybridized carbons (Fsp3) is 0.650. The topological polar surface area (TPSA) is 46.5 Å². The van der Waals surface area contributed by atoms with Gasteiger partial charge in [0, 0.05) is 17.9 Å². The Bertz CT molecular complexity index is 515. The Kier molecular flexibility index (Phi) is 6.23. The van der Waals surface area contributed by atoms with Crippen molar-refractivity contribution in [1.29, 1.82) is 0 Å². The van der Waals surface area contributed by atoms with Gasteiger partial charge in [-0.1, -0.05) is 36.8 Å². The Morgan fingerprint density at radius 3 is 2.65 bits per heavy atom. The number of hydrogen-bond donors (Lipinski definition) is 1. The molecule has 0 aromatic carbocycles. The molecule has 2 rings (SSSR count). The van der Waals surface area contributed by atoms with E-state index in [-0.39, 0.29) is 23.9 Å². The second kappa shape index (κ2) is 7.96. The van der Waals surface area contributed by atoms with Gasteiger partial charge in [-0.3, -0.25) is 0 Å². The van der Waals surface area contributed by atoms with Crippen LogP contribution in [0, 0.1) is 11.8 Å². The number of aliphatic hydroxyl groups excluding tert-OH is 1. The van der Waals surface area contributed by atoms with Crippen molar-refractivity contribution in [2.45, 2.75) is 71.5 Å². The highest BCUT2D eigenvalue weighted by Crippen LogP contribution is 2.35. The maximum absolute atomic E-state index is 11.9. The molecule has 0 radical (unpaired) electrons. The number of allylic oxidation sites excluding steroid dienone is 3. The van der Waals surface area contributed by atoms with E-state index in [2.05, 4.69) is 39.5 Å². The first-order chi connectivity index (χ1) is 10.9. The summed E-state index contributed by atoms with van der Waals surface area (Å²) in [5.74, 6) is -0.152. The standard InChI is InChI=1S/C20H30O3/c1-13-7-5-9-14(2)11-19-17(16(4)20(22)23-19)12-18(21)15(3)10-6-8-13/h8-9,15,17-19,21H,4-7,10-12H2,1-3H3/b13-8+,14-9+/t15-,17+,18-,19+/m1/s1. The van der Waals surface area contributed by atoms with Crippen LogP contribution in [0.15, 0.2) is 35.5 Å². The quantitative estimate of drug-likeness (QED) is 0.411. The molecular formula is C20H30O3. The van der Waals surface area contributed by atoms with E-state index >= 15 is 0 Å². The van der Waals surface area contributed by atoms with Gasteiger partial charge in [0.25, 0.3) is 0 Å². The van der Waals surface area contributed by atoms with Crippen LogP contribution < -0.4 is 0 Å². The number of rotatable bonds is 0. The molecule has 2 aliphatic rings. The summed E-state index contributed by atoms with van der Waals surface area (Å²) in [5.41, 5.74) is 3.18. The van der Waals surface area contributed by atoms with Gasteiger partial charge in [0.1, 0.15) is 6.10 Å². The highest BCUT2D eigenvalue weighted by molar-refractivity contribution is 5.90. The Hall–Kier alpha value is -1.35. The van der Waals surface area contributed by atoms with Gasteiger partial charge in [-0.2, -0.15) is 0 Å². The second-order valence-corrected chi connectivity index (χ2v) is 7.28. The van der Waals surface area contributed by atoms with Crippen LogP contribution in [-0.2, 0) is 9.53 Å². The molecule has 23 heavy (non-hydrogen) atoms. The lowest BCUT2D eigenvalue weighted by Crippen LogP contribution is -2.26. The van der Waals surface area contributed by atoms with Crippen LogP contribution in [0.25, 0.3) is 0 Å². The zero-order chi connectivity index (χ0) is 17.0. The van der Waals surface area contributed by atoms with Crippen molar-refractivity contribution in [2.75, 3.05) is 0 Å². The summed E-state index contributed by atoms with van der Waals surface area (Å²) in [7, 11) is 0. The molecule has 1 N–H and O–H groups in total. The summed E-state index contributed by atoms with van der Waals surface area (Å²) in [6.45, 7) is 10.3. The van der Waals surface area contributed by atoms with Crippen molar-refractivity contribution in [2.24, 2.45) is 11.8 Å². The Morgan fingerprint density at radius 1 is 1.22 bits per heavy atom. The molecule has 0 bridgehead atoms. The third kappa shape index (κ3) is 4.81. The predicted molar refractivity (Wildman–Crippen MR) is 92.9 cm³/mol. The van der Waals surface area contributed by atoms with E-state index in [1.165, 1.54) is 11.1 Å². The average molecular weight is 318 g/mol. The summed E-state index contributed by atoms with van der Waals surface area (Å²) in [6.07, 6.45) is 9.29. The molecule has 1 heterocycles. The first-order valence-corrected chi connectivity index (χ1v) is 8.77. The largest absolute Gasteiger partial charge is 0.458 e. The van der Waals surface area contributed by atoms with Gasteiger partial charge in [-0.15, -0.1) is 0 Å². The lowest BCUT2D eigenvalue weighted by atomic mass is 9.83. The van der Waals surface area contributed by atoms with Crippen LogP contribution >= 0.6 is 0 Å². The smallest absolute Gasteiger partial charge is 0.334 e. The normalized spacial score (nSPS) is 38.6. The lowest BCUT2D eigenvalue weighted by Gasteiger charge is -2.25. The molecule has 1 fully saturated rings. The summed E-state index contributed by atoms with van der Waals surface area (Å²) in [5, 5.41) is 10.5. The summed E-state index contributed by atoms with van der Waals surface area (Å²) in [6, 6.07) is 0. The molecule has 3 nitrogen and oxygen atoms in total. The maximum atomic E-state index is 11.9. The molecule has 1 saturated heterocycles. The van der Waals surface area contributed by atoms with Gasteiger partial charge in [0.2, 0.25) is 0 Å². The molecule has 4 atom stereocenters. The van der Waals surface area contributed by atoms with E-state index in [0.717, 1.165) is 32.1 Å². The number of ether oxygens (including phenoxy) is 1. The molecule has 0 unspecified atom stereocenters. The van der Waals surface area contributed by atoms with Crippen LogP contribution in [0.3, 0.4) is 0 Å². The van der Waals surface area contributed by atoms with E-state index in [1.807, 2.05) is 0 Å². The molecule has 128 valence electrons. The summed E-state index contributed by atoms with van der Waals surface area (Å²) in [4.78, 5) is 11.9. The van der Waals surface area contributed by atoms with Crippen molar-refractivity contribution < 1.29 is 14.6 Å². The zero-order valence-electron chi connectivity index (χ0n) is 14.7. The predicted octanol–water partition coefficient (Wildman–Crippen LogP) is 4.33. The third-order valence-electron chi connectivity index (χ3n) is 5.24. The van der Waals surface area contributed by atoms with Crippen LogP contribution in [0.5, 0.6) is 0 Å². The minimum Gasteiger partial charge on any atom is -0.458 e. The first kappa shape index (κ1) is 18.0. The highest BCUT2D eigenvalue weighted by Gasteiger charge is 2.40. The number of carbonyl (C=O) groups excluding carboxylic acids is 1. The van der Waals surface area contributed by atoms with Gasteiger partial charge < -0.3 is 9.84 Å². The molecule has 0 saturated carbocycles. The SMILES string of the molecule is C=C1C(=O)O[C@H]2C/C(C)=C/CC/C(C)=C/CC[C@@H](C)[C@H](O)C[C@@H]12. The van der Waals surface area contributed by atoms with E-state index in [4.69, 9.17) is 4.74 Å². The van der Waals surface area contributed by atoms with Crippen molar-refractivity contribution in [3.63, 3.8) is 0 Å². The van der Waals surface area contributed by atoms with Gasteiger partial charge in [-0.05, 0) is 51.9 Å². The fourth-order valence-electron chi connectivity index (χ4n) is 3.48. The van der Waals surface area contributed by atoms with Gasteiger partial charge in [-0.25, -0.2) is 4.79 Å². The third-order valence-corrected chi connectivity index (χ3v) is 5.24. The monoisotopic (exact) mass is 318 g/mol. The van der Waals surface area contributed by atoms with Crippen LogP contribution in [0.1, 0.15) is 59.3 Å². The lowest BCUT2D eigenvalue weighted by molar-refractivity contribution is -0.139. The second-order valence-electron chi connectivity index (χ2n) is 7.28. The first-order valence-electron chi connectivity index (χ1n) is 8.77. The van der Waals surface area contributed by atoms with E-state index in [1.54, 1.807) is 0 Å². The molecule has 3 heteroatoms. The van der Waals surface area contributed by atoms with Crippen molar-refractivity contribution in [3.05, 3.63) is 35.5 Å². The molecule has 0 amide bonds. The maximum Gasteiger partial charge on any atom is 0.334 e. The Morgan fingerprint density at radius 2 is 1.91 bits per heavy atom. The minimum atomic E-state index is -0.422. The number of fused-ring (bicyclic) bond motifs is 1. The van der Waals surface area contributed by atoms with E-state index < -0.39 is 6.10 Å².